The zero-order valence-corrected chi connectivity index (χ0v) is 10.3. The van der Waals surface area contributed by atoms with Crippen LogP contribution in [0.3, 0.4) is 0 Å². The number of nitrogens with two attached hydrogens (primary N) is 1. The Morgan fingerprint density at radius 3 is 2.88 bits per heavy atom. The molecule has 0 bridgehead atoms. The van der Waals surface area contributed by atoms with E-state index in [9.17, 15) is 0 Å². The predicted octanol–water partition coefficient (Wildman–Crippen LogP) is 1.64. The largest absolute Gasteiger partial charge is 0.463 e. The van der Waals surface area contributed by atoms with Crippen LogP contribution in [0.15, 0.2) is 16.5 Å². The first-order valence-electron chi connectivity index (χ1n) is 6.44. The lowest BCUT2D eigenvalue weighted by Gasteiger charge is -2.04. The highest BCUT2D eigenvalue weighted by molar-refractivity contribution is 5.06. The van der Waals surface area contributed by atoms with Gasteiger partial charge in [-0.25, -0.2) is 0 Å². The molecule has 96 valence electrons. The Morgan fingerprint density at radius 1 is 1.35 bits per heavy atom. The van der Waals surface area contributed by atoms with Crippen LogP contribution in [0.25, 0.3) is 0 Å². The van der Waals surface area contributed by atoms with Crippen molar-refractivity contribution < 1.29 is 9.15 Å². The standard InChI is InChI=1S/C13H22N2O2/c14-8-12-4-5-13(17-12)9-15-6-1-7-16-10-11-2-3-11/h4-5,11,15H,1-3,6-10,14H2. The molecule has 0 aliphatic heterocycles. The molecule has 1 fully saturated rings. The number of furan rings is 1. The maximum absolute atomic E-state index is 5.55. The van der Waals surface area contributed by atoms with Gasteiger partial charge in [-0.2, -0.15) is 0 Å². The van der Waals surface area contributed by atoms with Crippen molar-refractivity contribution in [1.82, 2.24) is 5.32 Å². The highest BCUT2D eigenvalue weighted by Crippen LogP contribution is 2.28. The Labute approximate surface area is 103 Å². The van der Waals surface area contributed by atoms with Crippen LogP contribution in [-0.4, -0.2) is 19.8 Å². The maximum atomic E-state index is 5.55. The molecule has 2 rings (SSSR count). The first-order chi connectivity index (χ1) is 8.38. The fourth-order valence-corrected chi connectivity index (χ4v) is 1.67. The summed E-state index contributed by atoms with van der Waals surface area (Å²) in [6.07, 6.45) is 3.78. The fourth-order valence-electron chi connectivity index (χ4n) is 1.67. The number of rotatable bonds is 9. The summed E-state index contributed by atoms with van der Waals surface area (Å²) in [5.41, 5.74) is 5.47. The molecule has 4 nitrogen and oxygen atoms in total. The molecule has 3 N–H and O–H groups in total. The lowest BCUT2D eigenvalue weighted by atomic mass is 10.4. The molecule has 0 aromatic carbocycles. The van der Waals surface area contributed by atoms with Crippen molar-refractivity contribution >= 4 is 0 Å². The normalized spacial score (nSPS) is 15.4. The summed E-state index contributed by atoms with van der Waals surface area (Å²) >= 11 is 0. The smallest absolute Gasteiger partial charge is 0.118 e. The predicted molar refractivity (Wildman–Crippen MR) is 66.5 cm³/mol. The molecular weight excluding hydrogens is 216 g/mol. The van der Waals surface area contributed by atoms with Crippen molar-refractivity contribution in [2.24, 2.45) is 11.7 Å². The Hall–Kier alpha value is -0.840. The van der Waals surface area contributed by atoms with Gasteiger partial charge in [-0.05, 0) is 43.9 Å². The van der Waals surface area contributed by atoms with Gasteiger partial charge < -0.3 is 20.2 Å². The van der Waals surface area contributed by atoms with Crippen molar-refractivity contribution in [3.63, 3.8) is 0 Å². The zero-order valence-electron chi connectivity index (χ0n) is 10.3. The quantitative estimate of drug-likeness (QED) is 0.642. The zero-order chi connectivity index (χ0) is 11.9. The molecule has 1 aliphatic carbocycles. The van der Waals surface area contributed by atoms with E-state index in [4.69, 9.17) is 14.9 Å². The third-order valence-electron chi connectivity index (χ3n) is 2.91. The molecule has 0 spiro atoms. The molecule has 1 saturated carbocycles. The van der Waals surface area contributed by atoms with Crippen LogP contribution in [0.2, 0.25) is 0 Å². The number of nitrogens with one attached hydrogen (secondary N) is 1. The third kappa shape index (κ3) is 4.89. The van der Waals surface area contributed by atoms with Gasteiger partial charge in [0.1, 0.15) is 11.5 Å². The maximum Gasteiger partial charge on any atom is 0.118 e. The topological polar surface area (TPSA) is 60.4 Å². The van der Waals surface area contributed by atoms with Crippen molar-refractivity contribution in [2.45, 2.75) is 32.4 Å². The summed E-state index contributed by atoms with van der Waals surface area (Å²) in [6.45, 7) is 4.01. The van der Waals surface area contributed by atoms with Gasteiger partial charge in [-0.3, -0.25) is 0 Å². The SMILES string of the molecule is NCc1ccc(CNCCCOCC2CC2)o1. The first-order valence-corrected chi connectivity index (χ1v) is 6.44. The number of ether oxygens (including phenoxy) is 1. The molecule has 0 saturated heterocycles. The Balaban J connectivity index is 1.44. The molecule has 1 aromatic heterocycles. The minimum absolute atomic E-state index is 0.467. The second-order valence-electron chi connectivity index (χ2n) is 4.62. The summed E-state index contributed by atoms with van der Waals surface area (Å²) in [5.74, 6) is 2.65. The van der Waals surface area contributed by atoms with Gasteiger partial charge in [0.05, 0.1) is 13.1 Å². The molecule has 4 heteroatoms. The summed E-state index contributed by atoms with van der Waals surface area (Å²) in [4.78, 5) is 0. The summed E-state index contributed by atoms with van der Waals surface area (Å²) < 4.78 is 11.0. The van der Waals surface area contributed by atoms with Gasteiger partial charge in [-0.15, -0.1) is 0 Å². The van der Waals surface area contributed by atoms with E-state index < -0.39 is 0 Å². The van der Waals surface area contributed by atoms with Gasteiger partial charge >= 0.3 is 0 Å². The molecule has 1 aromatic rings. The highest BCUT2D eigenvalue weighted by Gasteiger charge is 2.20. The van der Waals surface area contributed by atoms with Crippen LogP contribution < -0.4 is 11.1 Å². The van der Waals surface area contributed by atoms with Crippen molar-refractivity contribution in [3.8, 4) is 0 Å². The molecule has 1 heterocycles. The summed E-state index contributed by atoms with van der Waals surface area (Å²) in [5, 5.41) is 3.33. The minimum atomic E-state index is 0.467. The van der Waals surface area contributed by atoms with E-state index >= 15 is 0 Å². The van der Waals surface area contributed by atoms with Gasteiger partial charge in [0.15, 0.2) is 0 Å². The number of hydrogen-bond donors (Lipinski definition) is 2. The summed E-state index contributed by atoms with van der Waals surface area (Å²) in [7, 11) is 0. The third-order valence-corrected chi connectivity index (χ3v) is 2.91. The van der Waals surface area contributed by atoms with Gasteiger partial charge in [-0.1, -0.05) is 0 Å². The van der Waals surface area contributed by atoms with E-state index in [1.54, 1.807) is 0 Å². The lowest BCUT2D eigenvalue weighted by Crippen LogP contribution is -2.16. The first kappa shape index (κ1) is 12.6. The Bertz CT molecular complexity index is 321. The van der Waals surface area contributed by atoms with Gasteiger partial charge in [0.2, 0.25) is 0 Å². The van der Waals surface area contributed by atoms with Crippen LogP contribution in [0.1, 0.15) is 30.8 Å². The molecule has 17 heavy (non-hydrogen) atoms. The van der Waals surface area contributed by atoms with E-state index in [0.717, 1.165) is 50.2 Å². The monoisotopic (exact) mass is 238 g/mol. The lowest BCUT2D eigenvalue weighted by molar-refractivity contribution is 0.122. The highest BCUT2D eigenvalue weighted by atomic mass is 16.5. The van der Waals surface area contributed by atoms with Crippen LogP contribution in [0.4, 0.5) is 0 Å². The van der Waals surface area contributed by atoms with Gasteiger partial charge in [0.25, 0.3) is 0 Å². The van der Waals surface area contributed by atoms with Gasteiger partial charge in [0, 0.05) is 13.2 Å². The Kier molecular flexibility index (Phi) is 5.04. The van der Waals surface area contributed by atoms with E-state index in [0.29, 0.717) is 6.54 Å². The molecule has 0 unspecified atom stereocenters. The fraction of sp³-hybridized carbons (Fsp3) is 0.692. The second-order valence-corrected chi connectivity index (χ2v) is 4.62. The van der Waals surface area contributed by atoms with Crippen LogP contribution in [0, 0.1) is 5.92 Å². The van der Waals surface area contributed by atoms with Crippen LogP contribution in [-0.2, 0) is 17.8 Å². The molecular formula is C13H22N2O2. The molecule has 0 atom stereocenters. The molecule has 1 aliphatic rings. The minimum Gasteiger partial charge on any atom is -0.463 e. The van der Waals surface area contributed by atoms with E-state index in [2.05, 4.69) is 5.32 Å². The van der Waals surface area contributed by atoms with E-state index in [1.165, 1.54) is 12.8 Å². The average Bonchev–Trinajstić information content (AvgIpc) is 3.05. The number of hydrogen-bond acceptors (Lipinski definition) is 4. The molecule has 0 amide bonds. The van der Waals surface area contributed by atoms with Crippen LogP contribution in [0.5, 0.6) is 0 Å². The second kappa shape index (κ2) is 6.79. The van der Waals surface area contributed by atoms with Crippen molar-refractivity contribution in [2.75, 3.05) is 19.8 Å². The Morgan fingerprint density at radius 2 is 2.18 bits per heavy atom. The summed E-state index contributed by atoms with van der Waals surface area (Å²) in [6, 6.07) is 3.90. The van der Waals surface area contributed by atoms with Crippen molar-refractivity contribution in [1.29, 1.82) is 0 Å². The van der Waals surface area contributed by atoms with Crippen molar-refractivity contribution in [3.05, 3.63) is 23.7 Å². The van der Waals surface area contributed by atoms with E-state index in [1.807, 2.05) is 12.1 Å². The van der Waals surface area contributed by atoms with Crippen LogP contribution >= 0.6 is 0 Å². The van der Waals surface area contributed by atoms with E-state index in [-0.39, 0.29) is 0 Å². The average molecular weight is 238 g/mol. The molecule has 0 radical (unpaired) electrons.